The van der Waals surface area contributed by atoms with Gasteiger partial charge < -0.3 is 9.52 Å². The van der Waals surface area contributed by atoms with Crippen molar-refractivity contribution in [2.24, 2.45) is 0 Å². The van der Waals surface area contributed by atoms with Gasteiger partial charge in [-0.3, -0.25) is 0 Å². The second-order valence-corrected chi connectivity index (χ2v) is 7.18. The van der Waals surface area contributed by atoms with Gasteiger partial charge in [0.2, 0.25) is 10.0 Å². The molecule has 0 amide bonds. The lowest BCUT2D eigenvalue weighted by Crippen LogP contribution is -2.27. The number of aromatic carboxylic acids is 1. The highest BCUT2D eigenvalue weighted by atomic mass is 127. The van der Waals surface area contributed by atoms with Crippen LogP contribution in [0.2, 0.25) is 0 Å². The van der Waals surface area contributed by atoms with Gasteiger partial charge in [-0.1, -0.05) is 0 Å². The molecule has 8 heteroatoms. The zero-order valence-electron chi connectivity index (χ0n) is 10.9. The third-order valence-electron chi connectivity index (χ3n) is 2.78. The van der Waals surface area contributed by atoms with E-state index < -0.39 is 22.0 Å². The Labute approximate surface area is 135 Å². The number of sulfonamides is 1. The van der Waals surface area contributed by atoms with E-state index in [1.165, 1.54) is 18.4 Å². The van der Waals surface area contributed by atoms with Gasteiger partial charge in [0.1, 0.15) is 5.76 Å². The van der Waals surface area contributed by atoms with Crippen molar-refractivity contribution < 1.29 is 22.7 Å². The molecule has 2 aromatic rings. The summed E-state index contributed by atoms with van der Waals surface area (Å²) in [4.78, 5) is 11.0. The first-order chi connectivity index (χ1) is 9.81. The standard InChI is InChI=1S/C13H12INO5S/c1-8(12-3-2-6-20-12)15-21(18,19)9-4-5-11(14)10(7-9)13(16)17/h2-8,15H,1H3,(H,16,17)/t8-/m0/s1. The summed E-state index contributed by atoms with van der Waals surface area (Å²) >= 11 is 1.84. The van der Waals surface area contributed by atoms with Gasteiger partial charge in [0.15, 0.2) is 0 Å². The quantitative estimate of drug-likeness (QED) is 0.724. The Balaban J connectivity index is 2.32. The van der Waals surface area contributed by atoms with Gasteiger partial charge >= 0.3 is 5.97 Å². The van der Waals surface area contributed by atoms with E-state index in [-0.39, 0.29) is 10.5 Å². The van der Waals surface area contributed by atoms with Gasteiger partial charge in [0, 0.05) is 3.57 Å². The molecule has 2 rings (SSSR count). The first-order valence-electron chi connectivity index (χ1n) is 5.90. The molecule has 0 aliphatic rings. The molecular formula is C13H12INO5S. The molecule has 2 N–H and O–H groups in total. The lowest BCUT2D eigenvalue weighted by Gasteiger charge is -2.12. The Morgan fingerprint density at radius 3 is 2.67 bits per heavy atom. The number of carbonyl (C=O) groups is 1. The Bertz CT molecular complexity index is 755. The number of hydrogen-bond acceptors (Lipinski definition) is 4. The fourth-order valence-corrected chi connectivity index (χ4v) is 3.54. The number of halogens is 1. The molecule has 0 saturated carbocycles. The van der Waals surface area contributed by atoms with Gasteiger partial charge in [-0.25, -0.2) is 17.9 Å². The van der Waals surface area contributed by atoms with Crippen LogP contribution in [0.5, 0.6) is 0 Å². The van der Waals surface area contributed by atoms with Crippen molar-refractivity contribution in [1.29, 1.82) is 0 Å². The summed E-state index contributed by atoms with van der Waals surface area (Å²) in [5, 5.41) is 9.05. The molecule has 0 radical (unpaired) electrons. The zero-order chi connectivity index (χ0) is 15.6. The SMILES string of the molecule is C[C@H](NS(=O)(=O)c1ccc(I)c(C(=O)O)c1)c1ccco1. The van der Waals surface area contributed by atoms with E-state index in [0.717, 1.165) is 6.07 Å². The van der Waals surface area contributed by atoms with E-state index in [1.807, 2.05) is 22.6 Å². The number of nitrogens with one attached hydrogen (secondary N) is 1. The number of rotatable bonds is 5. The molecule has 0 bridgehead atoms. The van der Waals surface area contributed by atoms with E-state index in [9.17, 15) is 13.2 Å². The summed E-state index contributed by atoms with van der Waals surface area (Å²) in [6, 6.07) is 6.72. The van der Waals surface area contributed by atoms with Crippen LogP contribution in [-0.2, 0) is 10.0 Å². The van der Waals surface area contributed by atoms with Crippen molar-refractivity contribution in [3.05, 3.63) is 51.5 Å². The number of carboxylic acid groups (broad SMARTS) is 1. The van der Waals surface area contributed by atoms with Crippen LogP contribution >= 0.6 is 22.6 Å². The summed E-state index contributed by atoms with van der Waals surface area (Å²) in [5.74, 6) is -0.696. The minimum atomic E-state index is -3.84. The van der Waals surface area contributed by atoms with E-state index in [4.69, 9.17) is 9.52 Å². The molecule has 0 aliphatic carbocycles. The predicted octanol–water partition coefficient (Wildman–Crippen LogP) is 2.62. The fraction of sp³-hybridized carbons (Fsp3) is 0.154. The maximum absolute atomic E-state index is 12.3. The Morgan fingerprint density at radius 1 is 1.38 bits per heavy atom. The normalized spacial score (nSPS) is 13.0. The molecule has 1 aromatic carbocycles. The lowest BCUT2D eigenvalue weighted by atomic mass is 10.2. The molecule has 112 valence electrons. The zero-order valence-corrected chi connectivity index (χ0v) is 13.9. The molecule has 0 fully saturated rings. The van der Waals surface area contributed by atoms with Gasteiger partial charge in [-0.05, 0) is 59.8 Å². The van der Waals surface area contributed by atoms with Crippen molar-refractivity contribution in [3.8, 4) is 0 Å². The van der Waals surface area contributed by atoms with Crippen LogP contribution in [-0.4, -0.2) is 19.5 Å². The maximum atomic E-state index is 12.3. The van der Waals surface area contributed by atoms with E-state index in [1.54, 1.807) is 19.1 Å². The van der Waals surface area contributed by atoms with Gasteiger partial charge in [0.05, 0.1) is 22.8 Å². The highest BCUT2D eigenvalue weighted by Gasteiger charge is 2.22. The molecule has 21 heavy (non-hydrogen) atoms. The first-order valence-corrected chi connectivity index (χ1v) is 8.46. The van der Waals surface area contributed by atoms with Gasteiger partial charge in [-0.15, -0.1) is 0 Å². The summed E-state index contributed by atoms with van der Waals surface area (Å²) in [7, 11) is -3.84. The second-order valence-electron chi connectivity index (χ2n) is 4.31. The van der Waals surface area contributed by atoms with Crippen molar-refractivity contribution in [2.45, 2.75) is 17.9 Å². The number of furan rings is 1. The van der Waals surface area contributed by atoms with Crippen LogP contribution in [0.25, 0.3) is 0 Å². The average Bonchev–Trinajstić information content (AvgIpc) is 2.92. The summed E-state index contributed by atoms with van der Waals surface area (Å²) < 4.78 is 32.6. The molecular weight excluding hydrogens is 409 g/mol. The third-order valence-corrected chi connectivity index (χ3v) is 5.26. The summed E-state index contributed by atoms with van der Waals surface area (Å²) in [6.07, 6.45) is 1.45. The fourth-order valence-electron chi connectivity index (χ4n) is 1.73. The first kappa shape index (κ1) is 16.0. The largest absolute Gasteiger partial charge is 0.478 e. The monoisotopic (exact) mass is 421 g/mol. The van der Waals surface area contributed by atoms with E-state index in [0.29, 0.717) is 9.33 Å². The van der Waals surface area contributed by atoms with Crippen LogP contribution in [0, 0.1) is 3.57 Å². The van der Waals surface area contributed by atoms with Crippen molar-refractivity contribution in [1.82, 2.24) is 4.72 Å². The van der Waals surface area contributed by atoms with Gasteiger partial charge in [-0.2, -0.15) is 0 Å². The number of carboxylic acids is 1. The Hall–Kier alpha value is -1.39. The van der Waals surface area contributed by atoms with E-state index in [2.05, 4.69) is 4.72 Å². The molecule has 0 saturated heterocycles. The third kappa shape index (κ3) is 3.63. The topological polar surface area (TPSA) is 96.6 Å². The van der Waals surface area contributed by atoms with Crippen LogP contribution in [0.4, 0.5) is 0 Å². The van der Waals surface area contributed by atoms with Crippen LogP contribution in [0.3, 0.4) is 0 Å². The Kier molecular flexibility index (Phi) is 4.69. The van der Waals surface area contributed by atoms with Crippen LogP contribution in [0.15, 0.2) is 45.9 Å². The molecule has 1 atom stereocenters. The van der Waals surface area contributed by atoms with Crippen LogP contribution < -0.4 is 4.72 Å². The highest BCUT2D eigenvalue weighted by Crippen LogP contribution is 2.21. The summed E-state index contributed by atoms with van der Waals surface area (Å²) in [5.41, 5.74) is -0.0517. The average molecular weight is 421 g/mol. The van der Waals surface area contributed by atoms with Crippen molar-refractivity contribution in [2.75, 3.05) is 0 Å². The highest BCUT2D eigenvalue weighted by molar-refractivity contribution is 14.1. The van der Waals surface area contributed by atoms with Crippen LogP contribution in [0.1, 0.15) is 29.1 Å². The van der Waals surface area contributed by atoms with E-state index >= 15 is 0 Å². The number of hydrogen-bond donors (Lipinski definition) is 2. The van der Waals surface area contributed by atoms with Crippen molar-refractivity contribution in [3.63, 3.8) is 0 Å². The number of benzene rings is 1. The van der Waals surface area contributed by atoms with Crippen molar-refractivity contribution >= 4 is 38.6 Å². The predicted molar refractivity (Wildman–Crippen MR) is 83.6 cm³/mol. The molecule has 6 nitrogen and oxygen atoms in total. The summed E-state index contributed by atoms with van der Waals surface area (Å²) in [6.45, 7) is 1.64. The molecule has 0 aliphatic heterocycles. The lowest BCUT2D eigenvalue weighted by molar-refractivity contribution is 0.0695. The minimum Gasteiger partial charge on any atom is -0.478 e. The smallest absolute Gasteiger partial charge is 0.336 e. The second kappa shape index (κ2) is 6.16. The maximum Gasteiger partial charge on any atom is 0.336 e. The Morgan fingerprint density at radius 2 is 2.10 bits per heavy atom. The minimum absolute atomic E-state index is 0.0517. The molecule has 0 spiro atoms. The molecule has 1 aromatic heterocycles. The van der Waals surface area contributed by atoms with Gasteiger partial charge in [0.25, 0.3) is 0 Å². The molecule has 0 unspecified atom stereocenters. The molecule has 1 heterocycles.